The van der Waals surface area contributed by atoms with Gasteiger partial charge in [0.05, 0.1) is 10.9 Å². The molecule has 0 bridgehead atoms. The fourth-order valence-electron chi connectivity index (χ4n) is 2.69. The van der Waals surface area contributed by atoms with E-state index >= 15 is 0 Å². The Morgan fingerprint density at radius 3 is 2.32 bits per heavy atom. The summed E-state index contributed by atoms with van der Waals surface area (Å²) in [7, 11) is 1.90. The van der Waals surface area contributed by atoms with Crippen LogP contribution in [0.15, 0.2) is 60.1 Å². The Hall–Kier alpha value is -3.06. The fraction of sp³-hybridized carbons (Fsp3) is 0.190. The van der Waals surface area contributed by atoms with Crippen LogP contribution in [0.25, 0.3) is 5.70 Å². The molecular formula is C21H22N4O2S. The summed E-state index contributed by atoms with van der Waals surface area (Å²) in [6, 6.07) is 14.8. The molecule has 1 atom stereocenters. The van der Waals surface area contributed by atoms with Crippen LogP contribution in [0.5, 0.6) is 0 Å². The van der Waals surface area contributed by atoms with Gasteiger partial charge in [-0.2, -0.15) is 0 Å². The average Bonchev–Trinajstić information content (AvgIpc) is 2.67. The van der Waals surface area contributed by atoms with Gasteiger partial charge in [0.15, 0.2) is 5.17 Å². The maximum absolute atomic E-state index is 12.6. The number of amides is 2. The van der Waals surface area contributed by atoms with Crippen molar-refractivity contribution in [2.45, 2.75) is 19.1 Å². The van der Waals surface area contributed by atoms with Crippen LogP contribution in [0, 0.1) is 0 Å². The summed E-state index contributed by atoms with van der Waals surface area (Å²) in [6.07, 6.45) is 0. The summed E-state index contributed by atoms with van der Waals surface area (Å²) in [5.74, 6) is -0.264. The minimum Gasteiger partial charge on any atom is -0.326 e. The molecular weight excluding hydrogens is 372 g/mol. The molecule has 0 saturated carbocycles. The zero-order valence-electron chi connectivity index (χ0n) is 16.0. The van der Waals surface area contributed by atoms with E-state index in [9.17, 15) is 9.59 Å². The molecule has 2 aromatic rings. The van der Waals surface area contributed by atoms with E-state index in [4.69, 9.17) is 0 Å². The van der Waals surface area contributed by atoms with Crippen LogP contribution in [0.3, 0.4) is 0 Å². The molecule has 0 spiro atoms. The standard InChI is InChI=1S/C21H22N4O2S/c1-13-18-7-5-6-8-19(18)24-21(25(13)4)28-14(2)20(27)23-17-11-9-16(10-12-17)22-15(3)26/h5-12,14H,1H2,2-4H3,(H,22,26)(H,23,27)/t14-/m0/s1. The molecule has 1 heterocycles. The van der Waals surface area contributed by atoms with Gasteiger partial charge in [-0.15, -0.1) is 0 Å². The summed E-state index contributed by atoms with van der Waals surface area (Å²) < 4.78 is 0. The van der Waals surface area contributed by atoms with Gasteiger partial charge in [-0.3, -0.25) is 9.59 Å². The van der Waals surface area contributed by atoms with Crippen LogP contribution >= 0.6 is 11.8 Å². The predicted octanol–water partition coefficient (Wildman–Crippen LogP) is 4.31. The highest BCUT2D eigenvalue weighted by Gasteiger charge is 2.24. The molecule has 6 nitrogen and oxygen atoms in total. The number of benzene rings is 2. The summed E-state index contributed by atoms with van der Waals surface area (Å²) in [5.41, 5.74) is 4.05. The monoisotopic (exact) mass is 394 g/mol. The molecule has 2 amide bonds. The van der Waals surface area contributed by atoms with E-state index in [1.165, 1.54) is 18.7 Å². The number of para-hydroxylation sites is 1. The van der Waals surface area contributed by atoms with Crippen LogP contribution in [0.4, 0.5) is 17.1 Å². The molecule has 1 aliphatic rings. The number of amidine groups is 1. The summed E-state index contributed by atoms with van der Waals surface area (Å²) in [5, 5.41) is 5.96. The Morgan fingerprint density at radius 2 is 1.68 bits per heavy atom. The Labute approximate surface area is 168 Å². The van der Waals surface area contributed by atoms with Crippen LogP contribution in [-0.2, 0) is 9.59 Å². The molecule has 144 valence electrons. The molecule has 0 fully saturated rings. The van der Waals surface area contributed by atoms with Crippen molar-refractivity contribution in [1.82, 2.24) is 4.90 Å². The Bertz CT molecular complexity index is 953. The minimum atomic E-state index is -0.353. The lowest BCUT2D eigenvalue weighted by Crippen LogP contribution is -2.30. The molecule has 0 radical (unpaired) electrons. The first-order valence-electron chi connectivity index (χ1n) is 8.81. The number of hydrogen-bond donors (Lipinski definition) is 2. The van der Waals surface area contributed by atoms with Gasteiger partial charge in [0.1, 0.15) is 0 Å². The van der Waals surface area contributed by atoms with Crippen LogP contribution in [0.1, 0.15) is 19.4 Å². The number of nitrogens with one attached hydrogen (secondary N) is 2. The lowest BCUT2D eigenvalue weighted by Gasteiger charge is -2.29. The molecule has 0 unspecified atom stereocenters. The van der Waals surface area contributed by atoms with Crippen LogP contribution < -0.4 is 10.6 Å². The van der Waals surface area contributed by atoms with Gasteiger partial charge in [0.2, 0.25) is 11.8 Å². The highest BCUT2D eigenvalue weighted by atomic mass is 32.2. The predicted molar refractivity (Wildman–Crippen MR) is 117 cm³/mol. The normalized spacial score (nSPS) is 14.0. The quantitative estimate of drug-likeness (QED) is 0.810. The van der Waals surface area contributed by atoms with Gasteiger partial charge in [0, 0.05) is 36.6 Å². The summed E-state index contributed by atoms with van der Waals surface area (Å²) in [4.78, 5) is 30.2. The molecule has 7 heteroatoms. The Morgan fingerprint density at radius 1 is 1.07 bits per heavy atom. The molecule has 2 aromatic carbocycles. The zero-order chi connectivity index (χ0) is 20.3. The SMILES string of the molecule is C=C1c2ccccc2N=C(S[C@@H](C)C(=O)Nc2ccc(NC(C)=O)cc2)N1C. The van der Waals surface area contributed by atoms with E-state index in [0.29, 0.717) is 11.4 Å². The van der Waals surface area contributed by atoms with Crippen molar-refractivity contribution in [2.75, 3.05) is 17.7 Å². The lowest BCUT2D eigenvalue weighted by atomic mass is 10.1. The largest absolute Gasteiger partial charge is 0.326 e. The van der Waals surface area contributed by atoms with Crippen molar-refractivity contribution in [1.29, 1.82) is 0 Å². The molecule has 3 rings (SSSR count). The van der Waals surface area contributed by atoms with Gasteiger partial charge in [0.25, 0.3) is 0 Å². The Balaban J connectivity index is 1.66. The Kier molecular flexibility index (Phi) is 5.84. The van der Waals surface area contributed by atoms with Gasteiger partial charge in [-0.05, 0) is 37.3 Å². The third kappa shape index (κ3) is 4.43. The van der Waals surface area contributed by atoms with Crippen molar-refractivity contribution in [3.8, 4) is 0 Å². The third-order valence-electron chi connectivity index (χ3n) is 4.25. The van der Waals surface area contributed by atoms with Crippen molar-refractivity contribution >= 4 is 51.5 Å². The van der Waals surface area contributed by atoms with Crippen LogP contribution in [0.2, 0.25) is 0 Å². The van der Waals surface area contributed by atoms with E-state index < -0.39 is 0 Å². The smallest absolute Gasteiger partial charge is 0.237 e. The first kappa shape index (κ1) is 19.7. The number of thioether (sulfide) groups is 1. The molecule has 1 aliphatic heterocycles. The van der Waals surface area contributed by atoms with Gasteiger partial charge >= 0.3 is 0 Å². The first-order valence-corrected chi connectivity index (χ1v) is 9.69. The molecule has 0 saturated heterocycles. The minimum absolute atomic E-state index is 0.127. The molecule has 0 aromatic heterocycles. The maximum Gasteiger partial charge on any atom is 0.237 e. The maximum atomic E-state index is 12.6. The van der Waals surface area contributed by atoms with E-state index in [-0.39, 0.29) is 17.1 Å². The number of rotatable bonds is 4. The van der Waals surface area contributed by atoms with E-state index in [1.54, 1.807) is 24.3 Å². The molecule has 28 heavy (non-hydrogen) atoms. The molecule has 0 aliphatic carbocycles. The number of aliphatic imine (C=N–C) groups is 1. The first-order chi connectivity index (χ1) is 13.3. The van der Waals surface area contributed by atoms with E-state index in [1.807, 2.05) is 43.1 Å². The number of anilines is 2. The highest BCUT2D eigenvalue weighted by Crippen LogP contribution is 2.35. The second-order valence-corrected chi connectivity index (χ2v) is 7.73. The second-order valence-electron chi connectivity index (χ2n) is 6.43. The zero-order valence-corrected chi connectivity index (χ0v) is 16.8. The van der Waals surface area contributed by atoms with E-state index in [2.05, 4.69) is 22.2 Å². The van der Waals surface area contributed by atoms with Gasteiger partial charge < -0.3 is 15.5 Å². The number of nitrogens with zero attached hydrogens (tertiary/aromatic N) is 2. The van der Waals surface area contributed by atoms with E-state index in [0.717, 1.165) is 22.1 Å². The fourth-order valence-corrected chi connectivity index (χ4v) is 3.59. The summed E-state index contributed by atoms with van der Waals surface area (Å²) >= 11 is 1.38. The third-order valence-corrected chi connectivity index (χ3v) is 5.39. The van der Waals surface area contributed by atoms with Gasteiger partial charge in [-0.25, -0.2) is 4.99 Å². The second kappa shape index (κ2) is 8.31. The number of fused-ring (bicyclic) bond motifs is 1. The summed E-state index contributed by atoms with van der Waals surface area (Å²) in [6.45, 7) is 7.43. The van der Waals surface area contributed by atoms with Gasteiger partial charge in [-0.1, -0.05) is 36.5 Å². The molecule has 2 N–H and O–H groups in total. The highest BCUT2D eigenvalue weighted by molar-refractivity contribution is 8.14. The number of hydrogen-bond acceptors (Lipinski definition) is 5. The topological polar surface area (TPSA) is 73.8 Å². The van der Waals surface area contributed by atoms with Crippen molar-refractivity contribution < 1.29 is 9.59 Å². The average molecular weight is 395 g/mol. The van der Waals surface area contributed by atoms with Crippen molar-refractivity contribution in [3.05, 3.63) is 60.7 Å². The van der Waals surface area contributed by atoms with Crippen molar-refractivity contribution in [2.24, 2.45) is 4.99 Å². The number of carbonyl (C=O) groups is 2. The van der Waals surface area contributed by atoms with Crippen molar-refractivity contribution in [3.63, 3.8) is 0 Å². The van der Waals surface area contributed by atoms with Crippen LogP contribution in [-0.4, -0.2) is 34.2 Å². The lowest BCUT2D eigenvalue weighted by molar-refractivity contribution is -0.115. The number of carbonyl (C=O) groups excluding carboxylic acids is 2.